The summed E-state index contributed by atoms with van der Waals surface area (Å²) in [6.45, 7) is 8.43. The second-order valence-corrected chi connectivity index (χ2v) is 11.8. The lowest BCUT2D eigenvalue weighted by Crippen LogP contribution is -2.43. The normalized spacial score (nSPS) is 18.6. The second-order valence-electron chi connectivity index (χ2n) is 11.8. The van der Waals surface area contributed by atoms with Gasteiger partial charge < -0.3 is 24.6 Å². The van der Waals surface area contributed by atoms with Gasteiger partial charge in [0.05, 0.1) is 48.8 Å². The molecule has 1 aromatic heterocycles. The fourth-order valence-corrected chi connectivity index (χ4v) is 5.84. The summed E-state index contributed by atoms with van der Waals surface area (Å²) >= 11 is 0. The van der Waals surface area contributed by atoms with E-state index in [1.165, 1.54) is 23.5 Å². The fraction of sp³-hybridized carbons (Fsp3) is 0.438. The summed E-state index contributed by atoms with van der Waals surface area (Å²) in [5.41, 5.74) is 4.32. The summed E-state index contributed by atoms with van der Waals surface area (Å²) in [6.07, 6.45) is 0.827. The van der Waals surface area contributed by atoms with Crippen molar-refractivity contribution in [1.82, 2.24) is 24.9 Å². The first-order chi connectivity index (χ1) is 21.7. The van der Waals surface area contributed by atoms with Gasteiger partial charge in [0.25, 0.3) is 0 Å². The minimum Gasteiger partial charge on any atom is -0.460 e. The van der Waals surface area contributed by atoms with E-state index in [4.69, 9.17) is 9.47 Å². The molecule has 45 heavy (non-hydrogen) atoms. The van der Waals surface area contributed by atoms with Gasteiger partial charge in [-0.25, -0.2) is 14.0 Å². The predicted molar refractivity (Wildman–Crippen MR) is 164 cm³/mol. The van der Waals surface area contributed by atoms with Crippen molar-refractivity contribution in [2.75, 3.05) is 62.7 Å². The van der Waals surface area contributed by atoms with E-state index in [0.717, 1.165) is 44.0 Å². The maximum Gasteiger partial charge on any atom is 0.414 e. The molecular formula is C32H38FN7O5. The second kappa shape index (κ2) is 13.2. The number of nitrogens with one attached hydrogen (secondary N) is 1. The Balaban J connectivity index is 0.965. The molecule has 1 N–H and O–H groups in total. The maximum absolute atomic E-state index is 15.2. The number of hydrogen-bond donors (Lipinski definition) is 1. The van der Waals surface area contributed by atoms with Crippen LogP contribution in [-0.2, 0) is 40.4 Å². The Morgan fingerprint density at radius 2 is 1.87 bits per heavy atom. The zero-order chi connectivity index (χ0) is 31.5. The molecule has 2 fully saturated rings. The van der Waals surface area contributed by atoms with Gasteiger partial charge in [-0.1, -0.05) is 12.1 Å². The molecular weight excluding hydrogens is 581 g/mol. The number of cyclic esters (lactones) is 1. The zero-order valence-electron chi connectivity index (χ0n) is 25.6. The third-order valence-electron chi connectivity index (χ3n) is 8.41. The highest BCUT2D eigenvalue weighted by atomic mass is 19.1. The summed E-state index contributed by atoms with van der Waals surface area (Å²) < 4.78 is 27.7. The Labute approximate surface area is 261 Å². The number of amides is 2. The van der Waals surface area contributed by atoms with Crippen LogP contribution >= 0.6 is 0 Å². The van der Waals surface area contributed by atoms with E-state index >= 15 is 4.39 Å². The van der Waals surface area contributed by atoms with Crippen LogP contribution in [0.4, 0.5) is 20.6 Å². The molecule has 0 saturated carbocycles. The van der Waals surface area contributed by atoms with Crippen molar-refractivity contribution in [2.45, 2.75) is 39.2 Å². The Morgan fingerprint density at radius 3 is 2.58 bits per heavy atom. The van der Waals surface area contributed by atoms with E-state index in [-0.39, 0.29) is 31.6 Å². The van der Waals surface area contributed by atoms with Crippen molar-refractivity contribution in [2.24, 2.45) is 0 Å². The van der Waals surface area contributed by atoms with Crippen molar-refractivity contribution in [3.63, 3.8) is 0 Å². The van der Waals surface area contributed by atoms with Gasteiger partial charge in [-0.2, -0.15) is 5.10 Å². The van der Waals surface area contributed by atoms with Crippen molar-refractivity contribution >= 4 is 29.3 Å². The molecule has 0 aliphatic carbocycles. The van der Waals surface area contributed by atoms with Crippen LogP contribution in [0.15, 0.2) is 48.7 Å². The van der Waals surface area contributed by atoms with Gasteiger partial charge in [-0.15, -0.1) is 0 Å². The minimum atomic E-state index is -0.576. The molecule has 0 bridgehead atoms. The van der Waals surface area contributed by atoms with E-state index in [9.17, 15) is 14.4 Å². The molecule has 4 heterocycles. The first-order valence-electron chi connectivity index (χ1n) is 15.2. The lowest BCUT2D eigenvalue weighted by atomic mass is 10.1. The Morgan fingerprint density at radius 1 is 1.09 bits per heavy atom. The molecule has 6 rings (SSSR count). The average molecular weight is 620 g/mol. The van der Waals surface area contributed by atoms with E-state index in [2.05, 4.69) is 27.3 Å². The quantitative estimate of drug-likeness (QED) is 0.343. The van der Waals surface area contributed by atoms with Crippen molar-refractivity contribution in [3.8, 4) is 0 Å². The summed E-state index contributed by atoms with van der Waals surface area (Å²) in [4.78, 5) is 44.0. The van der Waals surface area contributed by atoms with Crippen LogP contribution in [0.25, 0.3) is 0 Å². The Bertz CT molecular complexity index is 1530. The highest BCUT2D eigenvalue weighted by Gasteiger charge is 2.33. The molecule has 0 radical (unpaired) electrons. The van der Waals surface area contributed by atoms with Crippen LogP contribution in [-0.4, -0.2) is 96.6 Å². The number of carbonyl (C=O) groups excluding carboxylic acids is 3. The molecule has 2 saturated heterocycles. The maximum atomic E-state index is 15.2. The number of ether oxygens (including phenoxy) is 2. The molecule has 238 valence electrons. The van der Waals surface area contributed by atoms with E-state index in [1.807, 2.05) is 35.4 Å². The number of hydrogen-bond acceptors (Lipinski definition) is 9. The topological polar surface area (TPSA) is 112 Å². The van der Waals surface area contributed by atoms with Crippen molar-refractivity contribution in [3.05, 3.63) is 76.9 Å². The number of rotatable bonds is 10. The number of nitrogens with zero attached hydrogens (tertiary/aromatic N) is 6. The van der Waals surface area contributed by atoms with Crippen LogP contribution < -0.4 is 15.1 Å². The minimum absolute atomic E-state index is 0.187. The van der Waals surface area contributed by atoms with Crippen LogP contribution in [0, 0.1) is 5.82 Å². The van der Waals surface area contributed by atoms with Gasteiger partial charge in [-0.05, 0) is 42.9 Å². The molecule has 3 aliphatic rings. The van der Waals surface area contributed by atoms with Gasteiger partial charge in [0.2, 0.25) is 5.91 Å². The SMILES string of the molecule is CC(=O)NC[C@H]1CN(c2ccc(N3Cc4cn(CCOC(=O)c5ccc(CN6CCN(C)CC6)cc5)nc4C3)c(F)c2)C(=O)O1. The molecule has 3 aromatic rings. The highest BCUT2D eigenvalue weighted by molar-refractivity contribution is 5.90. The van der Waals surface area contributed by atoms with E-state index in [1.54, 1.807) is 16.8 Å². The molecule has 0 spiro atoms. The number of halogens is 1. The first kappa shape index (κ1) is 30.5. The monoisotopic (exact) mass is 619 g/mol. The van der Waals surface area contributed by atoms with Crippen LogP contribution in [0.3, 0.4) is 0 Å². The van der Waals surface area contributed by atoms with Gasteiger partial charge in [-0.3, -0.25) is 19.3 Å². The molecule has 1 atom stereocenters. The molecule has 13 heteroatoms. The van der Waals surface area contributed by atoms with Crippen LogP contribution in [0.1, 0.15) is 34.1 Å². The van der Waals surface area contributed by atoms with Gasteiger partial charge >= 0.3 is 12.1 Å². The smallest absolute Gasteiger partial charge is 0.414 e. The number of esters is 1. The van der Waals surface area contributed by atoms with Gasteiger partial charge in [0.1, 0.15) is 18.5 Å². The number of benzene rings is 2. The third-order valence-corrected chi connectivity index (χ3v) is 8.41. The van der Waals surface area contributed by atoms with Crippen molar-refractivity contribution in [1.29, 1.82) is 0 Å². The summed E-state index contributed by atoms with van der Waals surface area (Å²) in [5.74, 6) is -1.03. The lowest BCUT2D eigenvalue weighted by Gasteiger charge is -2.32. The predicted octanol–water partition coefficient (Wildman–Crippen LogP) is 2.61. The first-order valence-corrected chi connectivity index (χ1v) is 15.2. The summed E-state index contributed by atoms with van der Waals surface area (Å²) in [7, 11) is 2.14. The number of fused-ring (bicyclic) bond motifs is 1. The highest BCUT2D eigenvalue weighted by Crippen LogP contribution is 2.32. The van der Waals surface area contributed by atoms with E-state index in [0.29, 0.717) is 36.6 Å². The molecule has 2 amide bonds. The molecule has 0 unspecified atom stereocenters. The van der Waals surface area contributed by atoms with Gasteiger partial charge in [0.15, 0.2) is 0 Å². The summed E-state index contributed by atoms with van der Waals surface area (Å²) in [5, 5.41) is 7.25. The standard InChI is InChI=1S/C32H38FN7O5/c1-22(41)34-16-27-20-40(32(43)45-27)26-7-8-30(28(33)15-26)38-18-25-19-39(35-29(25)21-38)13-14-44-31(42)24-5-3-23(4-6-24)17-37-11-9-36(2)10-12-37/h3-8,15,19,27H,9-14,16-18,20-21H2,1-2H3,(H,34,41)/t27-/m0/s1. The van der Waals surface area contributed by atoms with Gasteiger partial charge in [0, 0.05) is 58.0 Å². The van der Waals surface area contributed by atoms with E-state index < -0.39 is 18.0 Å². The Kier molecular flexibility index (Phi) is 8.99. The summed E-state index contributed by atoms with van der Waals surface area (Å²) in [6, 6.07) is 12.3. The number of anilines is 2. The molecule has 12 nitrogen and oxygen atoms in total. The zero-order valence-corrected chi connectivity index (χ0v) is 25.6. The number of likely N-dealkylation sites (N-methyl/N-ethyl adjacent to an activating group) is 1. The van der Waals surface area contributed by atoms with Crippen LogP contribution in [0.5, 0.6) is 0 Å². The fourth-order valence-electron chi connectivity index (χ4n) is 5.84. The number of aromatic nitrogens is 2. The average Bonchev–Trinajstić information content (AvgIpc) is 3.70. The third kappa shape index (κ3) is 7.26. The number of piperazine rings is 1. The Hall–Kier alpha value is -4.49. The molecule has 2 aromatic carbocycles. The lowest BCUT2D eigenvalue weighted by molar-refractivity contribution is -0.119. The molecule has 3 aliphatic heterocycles. The largest absolute Gasteiger partial charge is 0.460 e. The van der Waals surface area contributed by atoms with Crippen LogP contribution in [0.2, 0.25) is 0 Å². The van der Waals surface area contributed by atoms with Crippen molar-refractivity contribution < 1.29 is 28.2 Å². The number of carbonyl (C=O) groups is 3.